The molecule has 0 aliphatic heterocycles. The number of aromatic amines is 1. The third-order valence-electron chi connectivity index (χ3n) is 2.56. The Bertz CT molecular complexity index is 621. The first-order valence-corrected chi connectivity index (χ1v) is 8.60. The SMILES string of the molecule is CCCNCc1cc(S(=O)(=O)NCc2ncn[nH]2)cs1. The van der Waals surface area contributed by atoms with Gasteiger partial charge in [0.05, 0.1) is 11.4 Å². The molecule has 0 aliphatic carbocycles. The van der Waals surface area contributed by atoms with E-state index >= 15 is 0 Å². The van der Waals surface area contributed by atoms with Gasteiger partial charge in [-0.25, -0.2) is 18.1 Å². The molecule has 7 nitrogen and oxygen atoms in total. The van der Waals surface area contributed by atoms with E-state index in [-0.39, 0.29) is 11.4 Å². The minimum absolute atomic E-state index is 0.0988. The summed E-state index contributed by atoms with van der Waals surface area (Å²) in [5.41, 5.74) is 0. The lowest BCUT2D eigenvalue weighted by Crippen LogP contribution is -2.23. The van der Waals surface area contributed by atoms with Crippen molar-refractivity contribution >= 4 is 21.4 Å². The second-order valence-corrected chi connectivity index (χ2v) is 6.94. The van der Waals surface area contributed by atoms with E-state index in [0.29, 0.717) is 12.4 Å². The van der Waals surface area contributed by atoms with E-state index in [1.807, 2.05) is 0 Å². The van der Waals surface area contributed by atoms with Crippen molar-refractivity contribution in [3.05, 3.63) is 28.5 Å². The first kappa shape index (κ1) is 15.1. The predicted molar refractivity (Wildman–Crippen MR) is 76.7 cm³/mol. The number of rotatable bonds is 8. The molecule has 0 fully saturated rings. The summed E-state index contributed by atoms with van der Waals surface area (Å²) in [6.45, 7) is 3.80. The number of hydrogen-bond donors (Lipinski definition) is 3. The number of H-pyrrole nitrogens is 1. The minimum atomic E-state index is -3.50. The van der Waals surface area contributed by atoms with Crippen LogP contribution in [0.3, 0.4) is 0 Å². The highest BCUT2D eigenvalue weighted by atomic mass is 32.2. The molecule has 0 aliphatic rings. The molecule has 0 radical (unpaired) electrons. The van der Waals surface area contributed by atoms with Gasteiger partial charge in [-0.05, 0) is 19.0 Å². The number of aromatic nitrogens is 3. The molecule has 2 heterocycles. The molecule has 0 saturated heterocycles. The zero-order chi connectivity index (χ0) is 14.4. The third-order valence-corrected chi connectivity index (χ3v) is 5.03. The maximum Gasteiger partial charge on any atom is 0.241 e. The van der Waals surface area contributed by atoms with Crippen molar-refractivity contribution < 1.29 is 8.42 Å². The zero-order valence-corrected chi connectivity index (χ0v) is 12.7. The van der Waals surface area contributed by atoms with Gasteiger partial charge in [-0.15, -0.1) is 11.3 Å². The molecule has 20 heavy (non-hydrogen) atoms. The van der Waals surface area contributed by atoms with Gasteiger partial charge in [0.1, 0.15) is 12.2 Å². The van der Waals surface area contributed by atoms with Crippen LogP contribution in [-0.2, 0) is 23.1 Å². The number of nitrogens with zero attached hydrogens (tertiary/aromatic N) is 2. The van der Waals surface area contributed by atoms with E-state index < -0.39 is 10.0 Å². The second-order valence-electron chi connectivity index (χ2n) is 4.18. The van der Waals surface area contributed by atoms with Crippen LogP contribution in [0.15, 0.2) is 22.7 Å². The largest absolute Gasteiger partial charge is 0.312 e. The molecule has 0 aromatic carbocycles. The fourth-order valence-electron chi connectivity index (χ4n) is 1.55. The Hall–Kier alpha value is -1.29. The van der Waals surface area contributed by atoms with Gasteiger partial charge in [-0.3, -0.25) is 5.10 Å². The van der Waals surface area contributed by atoms with Gasteiger partial charge in [0, 0.05) is 16.8 Å². The Morgan fingerprint density at radius 3 is 2.95 bits per heavy atom. The van der Waals surface area contributed by atoms with E-state index in [0.717, 1.165) is 17.8 Å². The summed E-state index contributed by atoms with van der Waals surface area (Å²) in [6.07, 6.45) is 2.39. The van der Waals surface area contributed by atoms with Crippen LogP contribution in [0.1, 0.15) is 24.0 Å². The fraction of sp³-hybridized carbons (Fsp3) is 0.455. The van der Waals surface area contributed by atoms with Crippen LogP contribution < -0.4 is 10.0 Å². The predicted octanol–water partition coefficient (Wildman–Crippen LogP) is 0.844. The molecule has 0 saturated carbocycles. The Balaban J connectivity index is 1.95. The van der Waals surface area contributed by atoms with Crippen molar-refractivity contribution in [2.75, 3.05) is 6.54 Å². The number of hydrogen-bond acceptors (Lipinski definition) is 6. The van der Waals surface area contributed by atoms with Crippen molar-refractivity contribution in [1.29, 1.82) is 0 Å². The highest BCUT2D eigenvalue weighted by Crippen LogP contribution is 2.19. The zero-order valence-electron chi connectivity index (χ0n) is 11.1. The molecular formula is C11H17N5O2S2. The Kier molecular flexibility index (Phi) is 5.24. The van der Waals surface area contributed by atoms with Crippen molar-refractivity contribution in [1.82, 2.24) is 25.2 Å². The molecule has 9 heteroatoms. The molecule has 2 aromatic heterocycles. The van der Waals surface area contributed by atoms with Crippen LogP contribution in [-0.4, -0.2) is 30.1 Å². The van der Waals surface area contributed by atoms with Crippen molar-refractivity contribution in [2.45, 2.75) is 31.3 Å². The van der Waals surface area contributed by atoms with Crippen molar-refractivity contribution in [2.24, 2.45) is 0 Å². The van der Waals surface area contributed by atoms with Crippen LogP contribution >= 0.6 is 11.3 Å². The maximum atomic E-state index is 12.1. The van der Waals surface area contributed by atoms with Crippen LogP contribution in [0.5, 0.6) is 0 Å². The molecule has 2 aromatic rings. The van der Waals surface area contributed by atoms with Gasteiger partial charge in [0.2, 0.25) is 10.0 Å². The van der Waals surface area contributed by atoms with Gasteiger partial charge < -0.3 is 5.32 Å². The van der Waals surface area contributed by atoms with Gasteiger partial charge >= 0.3 is 0 Å². The molecule has 0 atom stereocenters. The van der Waals surface area contributed by atoms with E-state index in [9.17, 15) is 8.42 Å². The smallest absolute Gasteiger partial charge is 0.241 e. The van der Waals surface area contributed by atoms with Gasteiger partial charge in [0.15, 0.2) is 0 Å². The molecule has 3 N–H and O–H groups in total. The fourth-order valence-corrected chi connectivity index (χ4v) is 3.78. The molecule has 0 unspecified atom stereocenters. The normalized spacial score (nSPS) is 11.8. The first-order chi connectivity index (χ1) is 9.62. The summed E-state index contributed by atoms with van der Waals surface area (Å²) in [5, 5.41) is 11.2. The highest BCUT2D eigenvalue weighted by Gasteiger charge is 2.16. The highest BCUT2D eigenvalue weighted by molar-refractivity contribution is 7.89. The summed E-state index contributed by atoms with van der Waals surface area (Å²) in [6, 6.07) is 1.69. The second kappa shape index (κ2) is 6.93. The molecule has 110 valence electrons. The van der Waals surface area contributed by atoms with Crippen LogP contribution in [0.2, 0.25) is 0 Å². The minimum Gasteiger partial charge on any atom is -0.312 e. The average Bonchev–Trinajstić information content (AvgIpc) is 3.08. The number of nitrogens with one attached hydrogen (secondary N) is 3. The Morgan fingerprint density at radius 2 is 2.25 bits per heavy atom. The summed E-state index contributed by atoms with van der Waals surface area (Å²) < 4.78 is 26.7. The van der Waals surface area contributed by atoms with Gasteiger partial charge in [-0.2, -0.15) is 5.10 Å². The topological polar surface area (TPSA) is 99.8 Å². The lowest BCUT2D eigenvalue weighted by Gasteiger charge is -2.02. The lowest BCUT2D eigenvalue weighted by atomic mass is 10.4. The Morgan fingerprint density at radius 1 is 1.40 bits per heavy atom. The van der Waals surface area contributed by atoms with E-state index in [1.54, 1.807) is 11.4 Å². The maximum absolute atomic E-state index is 12.1. The summed E-state index contributed by atoms with van der Waals surface area (Å²) in [7, 11) is -3.50. The van der Waals surface area contributed by atoms with E-state index in [1.165, 1.54) is 17.7 Å². The third kappa shape index (κ3) is 4.10. The summed E-state index contributed by atoms with van der Waals surface area (Å²) in [4.78, 5) is 5.15. The van der Waals surface area contributed by atoms with Gasteiger partial charge in [0.25, 0.3) is 0 Å². The molecule has 2 rings (SSSR count). The van der Waals surface area contributed by atoms with Crippen LogP contribution in [0.4, 0.5) is 0 Å². The lowest BCUT2D eigenvalue weighted by molar-refractivity contribution is 0.579. The standard InChI is InChI=1S/C11H17N5O2S2/c1-2-3-12-5-9-4-10(7-19-9)20(17,18)15-6-11-13-8-14-16-11/h4,7-8,12,15H,2-3,5-6H2,1H3,(H,13,14,16). The monoisotopic (exact) mass is 315 g/mol. The van der Waals surface area contributed by atoms with Crippen molar-refractivity contribution in [3.63, 3.8) is 0 Å². The van der Waals surface area contributed by atoms with E-state index in [2.05, 4.69) is 32.1 Å². The number of sulfonamides is 1. The Labute approximate surface area is 121 Å². The van der Waals surface area contributed by atoms with Gasteiger partial charge in [-0.1, -0.05) is 6.92 Å². The van der Waals surface area contributed by atoms with E-state index in [4.69, 9.17) is 0 Å². The van der Waals surface area contributed by atoms with Crippen molar-refractivity contribution in [3.8, 4) is 0 Å². The van der Waals surface area contributed by atoms with Crippen LogP contribution in [0, 0.1) is 0 Å². The molecule has 0 amide bonds. The number of thiophene rings is 1. The summed E-state index contributed by atoms with van der Waals surface area (Å²) in [5.74, 6) is 0.480. The molecule has 0 spiro atoms. The van der Waals surface area contributed by atoms with Crippen LogP contribution in [0.25, 0.3) is 0 Å². The average molecular weight is 315 g/mol. The quantitative estimate of drug-likeness (QED) is 0.627. The summed E-state index contributed by atoms with van der Waals surface area (Å²) >= 11 is 1.43. The molecular weight excluding hydrogens is 298 g/mol. The molecule has 0 bridgehead atoms. The first-order valence-electron chi connectivity index (χ1n) is 6.24.